The summed E-state index contributed by atoms with van der Waals surface area (Å²) < 4.78 is 1.69. The van der Waals surface area contributed by atoms with E-state index in [-0.39, 0.29) is 5.54 Å². The summed E-state index contributed by atoms with van der Waals surface area (Å²) in [6.07, 6.45) is 1.48. The Balaban J connectivity index is 2.25. The van der Waals surface area contributed by atoms with Crippen LogP contribution >= 0.6 is 0 Å². The molecule has 3 rings (SSSR count). The second kappa shape index (κ2) is 4.91. The number of nitrogens with one attached hydrogen (secondary N) is 2. The largest absolute Gasteiger partial charge is 0.365 e. The number of nitrogens with zero attached hydrogens (tertiary/aromatic N) is 2. The van der Waals surface area contributed by atoms with Gasteiger partial charge in [-0.05, 0) is 20.8 Å². The summed E-state index contributed by atoms with van der Waals surface area (Å²) in [4.78, 5) is 14.8. The van der Waals surface area contributed by atoms with Crippen molar-refractivity contribution in [3.05, 3.63) is 42.1 Å². The van der Waals surface area contributed by atoms with Crippen molar-refractivity contribution >= 4 is 17.4 Å². The molecule has 0 aliphatic rings. The number of rotatable bonds is 3. The lowest BCUT2D eigenvalue weighted by molar-refractivity contribution is 0.100. The lowest BCUT2D eigenvalue weighted by Gasteiger charge is -2.22. The molecule has 0 spiro atoms. The molecule has 0 aliphatic carbocycles. The zero-order valence-corrected chi connectivity index (χ0v) is 12.8. The molecule has 6 heteroatoms. The molecule has 0 saturated heterocycles. The summed E-state index contributed by atoms with van der Waals surface area (Å²) in [6, 6.07) is 9.90. The Morgan fingerprint density at radius 1 is 1.27 bits per heavy atom. The smallest absolute Gasteiger partial charge is 0.254 e. The SMILES string of the molecule is CC(C)(C)Nc1c(-c2ccccc2)[nH]c2c(C(N)=O)cnn12. The van der Waals surface area contributed by atoms with Crippen molar-refractivity contribution in [2.45, 2.75) is 26.3 Å². The molecule has 3 aromatic rings. The van der Waals surface area contributed by atoms with Crippen LogP contribution < -0.4 is 11.1 Å². The van der Waals surface area contributed by atoms with Crippen LogP contribution in [0.15, 0.2) is 36.5 Å². The van der Waals surface area contributed by atoms with Crippen LogP contribution in [0.1, 0.15) is 31.1 Å². The van der Waals surface area contributed by atoms with Crippen LogP contribution in [0.2, 0.25) is 0 Å². The molecule has 22 heavy (non-hydrogen) atoms. The molecular weight excluding hydrogens is 278 g/mol. The number of carbonyl (C=O) groups is 1. The predicted octanol–water partition coefficient (Wildman–Crippen LogP) is 2.64. The first-order valence-electron chi connectivity index (χ1n) is 7.10. The number of imidazole rings is 1. The minimum absolute atomic E-state index is 0.155. The summed E-state index contributed by atoms with van der Waals surface area (Å²) in [6.45, 7) is 6.21. The van der Waals surface area contributed by atoms with Gasteiger partial charge in [0.2, 0.25) is 0 Å². The molecule has 2 heterocycles. The number of H-pyrrole nitrogens is 1. The summed E-state index contributed by atoms with van der Waals surface area (Å²) in [7, 11) is 0. The van der Waals surface area contributed by atoms with Gasteiger partial charge in [0.05, 0.1) is 11.9 Å². The number of hydrogen-bond donors (Lipinski definition) is 3. The number of carbonyl (C=O) groups excluding carboxylic acids is 1. The number of benzene rings is 1. The molecule has 0 radical (unpaired) electrons. The average molecular weight is 297 g/mol. The van der Waals surface area contributed by atoms with E-state index in [4.69, 9.17) is 5.73 Å². The normalized spacial score (nSPS) is 11.8. The Bertz CT molecular complexity index is 823. The number of fused-ring (bicyclic) bond motifs is 1. The van der Waals surface area contributed by atoms with Gasteiger partial charge in [-0.15, -0.1) is 0 Å². The fourth-order valence-electron chi connectivity index (χ4n) is 2.39. The van der Waals surface area contributed by atoms with Gasteiger partial charge >= 0.3 is 0 Å². The van der Waals surface area contributed by atoms with Crippen LogP contribution in [0.25, 0.3) is 16.9 Å². The lowest BCUT2D eigenvalue weighted by atomic mass is 10.1. The second-order valence-corrected chi connectivity index (χ2v) is 6.27. The molecule has 0 aliphatic heterocycles. The maximum Gasteiger partial charge on any atom is 0.254 e. The highest BCUT2D eigenvalue weighted by atomic mass is 16.1. The van der Waals surface area contributed by atoms with E-state index in [9.17, 15) is 4.79 Å². The number of amides is 1. The van der Waals surface area contributed by atoms with Crippen LogP contribution in [-0.2, 0) is 0 Å². The van der Waals surface area contributed by atoms with Gasteiger partial charge < -0.3 is 16.0 Å². The van der Waals surface area contributed by atoms with Gasteiger partial charge in [0.1, 0.15) is 11.2 Å². The summed E-state index contributed by atoms with van der Waals surface area (Å²) >= 11 is 0. The molecule has 2 aromatic heterocycles. The summed E-state index contributed by atoms with van der Waals surface area (Å²) in [5, 5.41) is 7.73. The van der Waals surface area contributed by atoms with Gasteiger partial charge in [-0.25, -0.2) is 0 Å². The first-order chi connectivity index (χ1) is 10.4. The second-order valence-electron chi connectivity index (χ2n) is 6.27. The van der Waals surface area contributed by atoms with Gasteiger partial charge in [-0.1, -0.05) is 30.3 Å². The van der Waals surface area contributed by atoms with Crippen molar-refractivity contribution in [1.82, 2.24) is 14.6 Å². The first kappa shape index (κ1) is 14.2. The Labute approximate surface area is 128 Å². The Kier molecular flexibility index (Phi) is 3.16. The first-order valence-corrected chi connectivity index (χ1v) is 7.10. The van der Waals surface area contributed by atoms with Crippen LogP contribution in [0.3, 0.4) is 0 Å². The van der Waals surface area contributed by atoms with Gasteiger partial charge in [-0.2, -0.15) is 9.61 Å². The van der Waals surface area contributed by atoms with E-state index in [1.807, 2.05) is 30.3 Å². The van der Waals surface area contributed by atoms with Crippen LogP contribution in [0, 0.1) is 0 Å². The van der Waals surface area contributed by atoms with Crippen molar-refractivity contribution in [2.24, 2.45) is 5.73 Å². The molecule has 0 saturated carbocycles. The third-order valence-corrected chi connectivity index (χ3v) is 3.28. The highest BCUT2D eigenvalue weighted by Crippen LogP contribution is 2.31. The van der Waals surface area contributed by atoms with Crippen molar-refractivity contribution in [1.29, 1.82) is 0 Å². The molecule has 1 amide bonds. The number of nitrogens with two attached hydrogens (primary N) is 1. The number of primary amides is 1. The van der Waals surface area contributed by atoms with Crippen molar-refractivity contribution in [3.63, 3.8) is 0 Å². The molecule has 6 nitrogen and oxygen atoms in total. The molecule has 0 bridgehead atoms. The highest BCUT2D eigenvalue weighted by Gasteiger charge is 2.22. The Morgan fingerprint density at radius 2 is 1.95 bits per heavy atom. The van der Waals surface area contributed by atoms with E-state index >= 15 is 0 Å². The molecule has 4 N–H and O–H groups in total. The van der Waals surface area contributed by atoms with Crippen molar-refractivity contribution in [2.75, 3.05) is 5.32 Å². The number of aromatic nitrogens is 3. The van der Waals surface area contributed by atoms with E-state index in [0.717, 1.165) is 17.1 Å². The standard InChI is InChI=1S/C16H19N5O/c1-16(2,3)20-15-12(10-7-5-4-6-8-10)19-14-11(13(17)22)9-18-21(14)15/h4-9,19-20H,1-3H3,(H2,17,22). The third-order valence-electron chi connectivity index (χ3n) is 3.28. The van der Waals surface area contributed by atoms with Gasteiger partial charge in [0.25, 0.3) is 5.91 Å². The van der Waals surface area contributed by atoms with Gasteiger partial charge in [0.15, 0.2) is 5.82 Å². The monoisotopic (exact) mass is 297 g/mol. The van der Waals surface area contributed by atoms with Crippen LogP contribution in [0.4, 0.5) is 5.82 Å². The van der Waals surface area contributed by atoms with E-state index < -0.39 is 5.91 Å². The molecule has 0 unspecified atom stereocenters. The molecule has 0 fully saturated rings. The van der Waals surface area contributed by atoms with E-state index in [1.165, 1.54) is 6.20 Å². The average Bonchev–Trinajstić information content (AvgIpc) is 2.98. The number of aromatic amines is 1. The van der Waals surface area contributed by atoms with E-state index in [0.29, 0.717) is 11.2 Å². The maximum atomic E-state index is 11.5. The zero-order chi connectivity index (χ0) is 15.9. The maximum absolute atomic E-state index is 11.5. The summed E-state index contributed by atoms with van der Waals surface area (Å²) in [5.41, 5.74) is 8.12. The lowest BCUT2D eigenvalue weighted by Crippen LogP contribution is -2.27. The summed E-state index contributed by atoms with van der Waals surface area (Å²) in [5.74, 6) is 0.305. The molecule has 0 atom stereocenters. The fourth-order valence-corrected chi connectivity index (χ4v) is 2.39. The zero-order valence-electron chi connectivity index (χ0n) is 12.8. The number of hydrogen-bond acceptors (Lipinski definition) is 3. The van der Waals surface area contributed by atoms with Crippen LogP contribution in [-0.4, -0.2) is 26.0 Å². The van der Waals surface area contributed by atoms with Crippen LogP contribution in [0.5, 0.6) is 0 Å². The minimum atomic E-state index is -0.502. The molecule has 114 valence electrons. The fraction of sp³-hybridized carbons (Fsp3) is 0.250. The highest BCUT2D eigenvalue weighted by molar-refractivity contribution is 5.99. The minimum Gasteiger partial charge on any atom is -0.365 e. The predicted molar refractivity (Wildman–Crippen MR) is 86.9 cm³/mol. The Hall–Kier alpha value is -2.76. The van der Waals surface area contributed by atoms with Gasteiger partial charge in [0, 0.05) is 11.1 Å². The number of anilines is 1. The third kappa shape index (κ3) is 2.43. The Morgan fingerprint density at radius 3 is 2.55 bits per heavy atom. The van der Waals surface area contributed by atoms with E-state index in [1.54, 1.807) is 4.52 Å². The van der Waals surface area contributed by atoms with E-state index in [2.05, 4.69) is 36.2 Å². The van der Waals surface area contributed by atoms with Crippen molar-refractivity contribution < 1.29 is 4.79 Å². The quantitative estimate of drug-likeness (QED) is 0.694. The van der Waals surface area contributed by atoms with Crippen molar-refractivity contribution in [3.8, 4) is 11.3 Å². The molecule has 1 aromatic carbocycles. The van der Waals surface area contributed by atoms with Gasteiger partial charge in [-0.3, -0.25) is 4.79 Å². The topological polar surface area (TPSA) is 88.2 Å². The molecular formula is C16H19N5O.